The Balaban J connectivity index is 0.00000196. The van der Waals surface area contributed by atoms with Crippen LogP contribution in [0.1, 0.15) is 34.0 Å². The summed E-state index contributed by atoms with van der Waals surface area (Å²) < 4.78 is 10.8. The highest BCUT2D eigenvalue weighted by Gasteiger charge is 2.31. The Morgan fingerprint density at radius 1 is 0.923 bits per heavy atom. The van der Waals surface area contributed by atoms with Crippen LogP contribution in [-0.4, -0.2) is 27.2 Å². The number of H-pyrrole nitrogens is 4. The number of aromatic nitrogens is 4. The number of ether oxygens (including phenoxy) is 2. The Morgan fingerprint density at radius 3 is 1.88 bits per heavy atom. The van der Waals surface area contributed by atoms with Crippen LogP contribution in [0.3, 0.4) is 0 Å². The van der Waals surface area contributed by atoms with Crippen LogP contribution in [0, 0.1) is 13.8 Å². The topological polar surface area (TPSA) is 116 Å². The Labute approximate surface area is 158 Å². The van der Waals surface area contributed by atoms with Crippen molar-refractivity contribution in [3.8, 4) is 11.5 Å². The van der Waals surface area contributed by atoms with Gasteiger partial charge in [-0.2, -0.15) is 0 Å². The number of aryl methyl sites for hydroxylation is 2. The van der Waals surface area contributed by atoms with Crippen LogP contribution in [0.15, 0.2) is 21.7 Å². The number of halogens is 2. The Kier molecular flexibility index (Phi) is 4.64. The molecule has 1 aliphatic heterocycles. The molecule has 0 radical (unpaired) electrons. The predicted molar refractivity (Wildman–Crippen MR) is 98.1 cm³/mol. The second kappa shape index (κ2) is 6.62. The molecule has 3 aromatic rings. The number of hydrogen-bond acceptors (Lipinski definition) is 4. The van der Waals surface area contributed by atoms with Gasteiger partial charge < -0.3 is 19.7 Å². The molecule has 4 N–H and O–H groups in total. The van der Waals surface area contributed by atoms with Gasteiger partial charge in [0.15, 0.2) is 11.5 Å². The molecule has 0 fully saturated rings. The van der Waals surface area contributed by atoms with Crippen LogP contribution in [0.4, 0.5) is 0 Å². The zero-order chi connectivity index (χ0) is 17.7. The number of nitrogens with one attached hydrogen (secondary N) is 4. The minimum atomic E-state index is -0.660. The number of benzene rings is 1. The summed E-state index contributed by atoms with van der Waals surface area (Å²) in [6.45, 7) is 3.63. The molecule has 26 heavy (non-hydrogen) atoms. The molecule has 0 saturated heterocycles. The largest absolute Gasteiger partial charge is 0.454 e. The molecule has 1 aromatic carbocycles. The van der Waals surface area contributed by atoms with Gasteiger partial charge in [-0.05, 0) is 25.5 Å². The van der Waals surface area contributed by atoms with Gasteiger partial charge in [-0.3, -0.25) is 19.8 Å². The van der Waals surface area contributed by atoms with Crippen molar-refractivity contribution in [2.45, 2.75) is 19.8 Å². The number of rotatable bonds is 3. The molecule has 0 bridgehead atoms. The molecule has 0 aliphatic carbocycles. The van der Waals surface area contributed by atoms with Crippen LogP contribution in [-0.2, 0) is 0 Å². The van der Waals surface area contributed by atoms with Crippen LogP contribution in [0.25, 0.3) is 0 Å². The summed E-state index contributed by atoms with van der Waals surface area (Å²) in [5.74, 6) is 0.400. The van der Waals surface area contributed by atoms with E-state index in [1.165, 1.54) is 0 Å². The average Bonchev–Trinajstić information content (AvgIpc) is 3.24. The summed E-state index contributed by atoms with van der Waals surface area (Å²) in [4.78, 5) is 24.8. The minimum Gasteiger partial charge on any atom is -0.454 e. The van der Waals surface area contributed by atoms with Gasteiger partial charge in [0.25, 0.3) is 11.1 Å². The maximum atomic E-state index is 12.4. The molecule has 0 amide bonds. The summed E-state index contributed by atoms with van der Waals surface area (Å²) >= 11 is 6.47. The molecule has 2 aromatic heterocycles. The van der Waals surface area contributed by atoms with E-state index in [-0.39, 0.29) is 30.3 Å². The van der Waals surface area contributed by atoms with Crippen LogP contribution in [0.2, 0.25) is 5.02 Å². The smallest absolute Gasteiger partial charge is 0.268 e. The summed E-state index contributed by atoms with van der Waals surface area (Å²) in [5, 5.41) is 11.1. The van der Waals surface area contributed by atoms with Gasteiger partial charge in [-0.25, -0.2) is 0 Å². The van der Waals surface area contributed by atoms with Crippen molar-refractivity contribution in [1.29, 1.82) is 0 Å². The summed E-state index contributed by atoms with van der Waals surface area (Å²) in [7, 11) is 0. The Hall–Kier alpha value is -2.58. The van der Waals surface area contributed by atoms with Crippen molar-refractivity contribution in [2.24, 2.45) is 0 Å². The average molecular weight is 399 g/mol. The van der Waals surface area contributed by atoms with Crippen molar-refractivity contribution in [3.05, 3.63) is 65.9 Å². The summed E-state index contributed by atoms with van der Waals surface area (Å²) in [6.07, 6.45) is 0. The molecule has 8 nitrogen and oxygen atoms in total. The van der Waals surface area contributed by atoms with E-state index in [0.717, 1.165) is 0 Å². The van der Waals surface area contributed by atoms with Gasteiger partial charge in [0.05, 0.1) is 17.0 Å². The third kappa shape index (κ3) is 2.71. The van der Waals surface area contributed by atoms with E-state index in [0.29, 0.717) is 44.6 Å². The Bertz CT molecular complexity index is 1020. The maximum Gasteiger partial charge on any atom is 0.268 e. The summed E-state index contributed by atoms with van der Waals surface area (Å²) in [5.41, 5.74) is 2.08. The van der Waals surface area contributed by atoms with Crippen molar-refractivity contribution in [2.75, 3.05) is 6.79 Å². The van der Waals surface area contributed by atoms with Crippen LogP contribution < -0.4 is 20.6 Å². The molecule has 3 heterocycles. The molecule has 0 spiro atoms. The van der Waals surface area contributed by atoms with Gasteiger partial charge in [0, 0.05) is 22.5 Å². The second-order valence-electron chi connectivity index (χ2n) is 5.90. The molecule has 1 aliphatic rings. The lowest BCUT2D eigenvalue weighted by Gasteiger charge is -2.18. The van der Waals surface area contributed by atoms with Crippen LogP contribution in [0.5, 0.6) is 11.5 Å². The molecular formula is C16H16Cl2N4O4. The highest BCUT2D eigenvalue weighted by Crippen LogP contribution is 2.42. The zero-order valence-electron chi connectivity index (χ0n) is 13.9. The van der Waals surface area contributed by atoms with E-state index in [9.17, 15) is 9.59 Å². The Morgan fingerprint density at radius 2 is 1.42 bits per heavy atom. The predicted octanol–water partition coefficient (Wildman–Crippen LogP) is 2.32. The van der Waals surface area contributed by atoms with E-state index >= 15 is 0 Å². The fourth-order valence-electron chi connectivity index (χ4n) is 3.22. The third-order valence-electron chi connectivity index (χ3n) is 4.40. The first-order chi connectivity index (χ1) is 12.0. The maximum absolute atomic E-state index is 12.4. The monoisotopic (exact) mass is 398 g/mol. The van der Waals surface area contributed by atoms with Crippen molar-refractivity contribution >= 4 is 24.0 Å². The van der Waals surface area contributed by atoms with Crippen LogP contribution >= 0.6 is 24.0 Å². The van der Waals surface area contributed by atoms with E-state index < -0.39 is 5.92 Å². The lowest BCUT2D eigenvalue weighted by atomic mass is 9.85. The molecule has 10 heteroatoms. The molecule has 0 unspecified atom stereocenters. The normalized spacial score (nSPS) is 12.5. The lowest BCUT2D eigenvalue weighted by Crippen LogP contribution is -2.20. The first kappa shape index (κ1) is 18.2. The zero-order valence-corrected chi connectivity index (χ0v) is 15.4. The lowest BCUT2D eigenvalue weighted by molar-refractivity contribution is 0.174. The van der Waals surface area contributed by atoms with Gasteiger partial charge >= 0.3 is 0 Å². The number of fused-ring (bicyclic) bond motifs is 1. The first-order valence-corrected chi connectivity index (χ1v) is 7.98. The van der Waals surface area contributed by atoms with Gasteiger partial charge in [0.1, 0.15) is 0 Å². The van der Waals surface area contributed by atoms with Gasteiger partial charge in [-0.15, -0.1) is 12.4 Å². The fourth-order valence-corrected chi connectivity index (χ4v) is 3.48. The highest BCUT2D eigenvalue weighted by molar-refractivity contribution is 6.31. The molecular weight excluding hydrogens is 383 g/mol. The third-order valence-corrected chi connectivity index (χ3v) is 4.73. The van der Waals surface area contributed by atoms with E-state index in [1.54, 1.807) is 26.0 Å². The first-order valence-electron chi connectivity index (χ1n) is 7.60. The standard InChI is InChI=1S/C16H15ClN4O4.ClH/c1-6-12(15(22)20-18-6)14(13-7(2)19-21-16(13)23)8-3-10-11(4-9(8)17)25-5-24-10;/h3-4,14H,5H2,1-2H3,(H2,18,20,22)(H2,19,21,23);1H. The highest BCUT2D eigenvalue weighted by atomic mass is 35.5. The van der Waals surface area contributed by atoms with E-state index in [2.05, 4.69) is 20.4 Å². The fraction of sp³-hybridized carbons (Fsp3) is 0.250. The van der Waals surface area contributed by atoms with Crippen molar-refractivity contribution < 1.29 is 9.47 Å². The molecule has 138 valence electrons. The molecule has 0 saturated carbocycles. The molecule has 4 rings (SSSR count). The number of hydrogen-bond donors (Lipinski definition) is 4. The van der Waals surface area contributed by atoms with E-state index in [4.69, 9.17) is 21.1 Å². The minimum absolute atomic E-state index is 0. The summed E-state index contributed by atoms with van der Waals surface area (Å²) in [6, 6.07) is 3.35. The number of aromatic amines is 4. The van der Waals surface area contributed by atoms with E-state index in [1.807, 2.05) is 0 Å². The molecule has 0 atom stereocenters. The second-order valence-corrected chi connectivity index (χ2v) is 6.30. The van der Waals surface area contributed by atoms with Crippen molar-refractivity contribution in [3.63, 3.8) is 0 Å². The quantitative estimate of drug-likeness (QED) is 0.541. The van der Waals surface area contributed by atoms with Crippen molar-refractivity contribution in [1.82, 2.24) is 20.4 Å². The van der Waals surface area contributed by atoms with Gasteiger partial charge in [0.2, 0.25) is 6.79 Å². The SMILES string of the molecule is Cc1[nH][nH]c(=O)c1C(c1cc2c(cc1Cl)OCO2)c1c(C)[nH][nH]c1=O.Cl. The van der Waals surface area contributed by atoms with Gasteiger partial charge in [-0.1, -0.05) is 11.6 Å².